The van der Waals surface area contributed by atoms with Crippen LogP contribution in [0.15, 0.2) is 46.0 Å². The largest absolute Gasteiger partial charge is 0.295 e. The second kappa shape index (κ2) is 6.99. The molecule has 1 amide bonds. The van der Waals surface area contributed by atoms with Crippen LogP contribution in [-0.2, 0) is 7.05 Å². The number of amides is 1. The van der Waals surface area contributed by atoms with Crippen molar-refractivity contribution in [2.45, 2.75) is 20.8 Å². The molecule has 0 saturated heterocycles. The predicted octanol–water partition coefficient (Wildman–Crippen LogP) is 1.75. The summed E-state index contributed by atoms with van der Waals surface area (Å²) in [4.78, 5) is 36.4. The highest BCUT2D eigenvalue weighted by atomic mass is 16.2. The van der Waals surface area contributed by atoms with E-state index in [-0.39, 0.29) is 5.56 Å². The molecule has 0 aliphatic carbocycles. The van der Waals surface area contributed by atoms with Crippen LogP contribution in [0.25, 0.3) is 10.9 Å². The van der Waals surface area contributed by atoms with Gasteiger partial charge in [0.2, 0.25) is 0 Å². The summed E-state index contributed by atoms with van der Waals surface area (Å²) in [5, 5.41) is 3.17. The van der Waals surface area contributed by atoms with Crippen LogP contribution in [0.4, 0.5) is 0 Å². The summed E-state index contributed by atoms with van der Waals surface area (Å²) in [5.41, 5.74) is 3.11. The van der Waals surface area contributed by atoms with Crippen LogP contribution in [0.3, 0.4) is 0 Å². The number of nitrogens with zero attached hydrogens (tertiary/aromatic N) is 2. The van der Waals surface area contributed by atoms with Crippen molar-refractivity contribution in [3.63, 3.8) is 0 Å². The van der Waals surface area contributed by atoms with Crippen molar-refractivity contribution in [1.82, 2.24) is 14.5 Å². The number of pyridine rings is 1. The second-order valence-corrected chi connectivity index (χ2v) is 4.97. The molecule has 2 N–H and O–H groups in total. The van der Waals surface area contributed by atoms with Crippen LogP contribution in [0, 0.1) is 6.92 Å². The average molecular weight is 328 g/mol. The monoisotopic (exact) mass is 328 g/mol. The van der Waals surface area contributed by atoms with Gasteiger partial charge in [-0.05, 0) is 19.1 Å². The summed E-state index contributed by atoms with van der Waals surface area (Å²) in [7, 11) is 1.57. The van der Waals surface area contributed by atoms with Crippen molar-refractivity contribution in [3.05, 3.63) is 68.4 Å². The molecule has 0 spiro atoms. The number of hydrogen-bond donors (Lipinski definition) is 2. The van der Waals surface area contributed by atoms with Crippen LogP contribution in [0.2, 0.25) is 0 Å². The van der Waals surface area contributed by atoms with E-state index in [0.717, 1.165) is 4.68 Å². The lowest BCUT2D eigenvalue weighted by Gasteiger charge is -2.11. The van der Waals surface area contributed by atoms with Gasteiger partial charge in [-0.3, -0.25) is 29.6 Å². The minimum Gasteiger partial charge on any atom is -0.295 e. The molecule has 126 valence electrons. The topological polar surface area (TPSA) is 88.9 Å². The molecule has 2 heterocycles. The SMILES string of the molecule is CC.Cc1c2c(=O)n(C)[nH]c2cc(=O)n1NC(=O)c1ccccc1. The molecule has 7 nitrogen and oxygen atoms in total. The van der Waals surface area contributed by atoms with Gasteiger partial charge >= 0.3 is 0 Å². The summed E-state index contributed by atoms with van der Waals surface area (Å²) < 4.78 is 2.38. The van der Waals surface area contributed by atoms with E-state index in [1.807, 2.05) is 13.8 Å². The number of H-pyrrole nitrogens is 1. The van der Waals surface area contributed by atoms with Gasteiger partial charge in [-0.15, -0.1) is 0 Å². The first-order valence-electron chi connectivity index (χ1n) is 7.67. The van der Waals surface area contributed by atoms with E-state index < -0.39 is 11.5 Å². The third-order valence-electron chi connectivity index (χ3n) is 3.51. The van der Waals surface area contributed by atoms with E-state index in [9.17, 15) is 14.4 Å². The number of carbonyl (C=O) groups excluding carboxylic acids is 1. The highest BCUT2D eigenvalue weighted by molar-refractivity contribution is 6.00. The number of fused-ring (bicyclic) bond motifs is 1. The van der Waals surface area contributed by atoms with Crippen molar-refractivity contribution < 1.29 is 4.79 Å². The van der Waals surface area contributed by atoms with Gasteiger partial charge in [0, 0.05) is 18.7 Å². The lowest BCUT2D eigenvalue weighted by Crippen LogP contribution is -2.34. The Morgan fingerprint density at radius 2 is 1.75 bits per heavy atom. The normalized spacial score (nSPS) is 10.2. The van der Waals surface area contributed by atoms with Gasteiger partial charge in [0.25, 0.3) is 17.0 Å². The molecule has 24 heavy (non-hydrogen) atoms. The summed E-state index contributed by atoms with van der Waals surface area (Å²) in [5.74, 6) is -0.419. The zero-order valence-electron chi connectivity index (χ0n) is 14.1. The zero-order chi connectivity index (χ0) is 17.9. The maximum atomic E-state index is 12.2. The van der Waals surface area contributed by atoms with E-state index in [1.165, 1.54) is 10.7 Å². The highest BCUT2D eigenvalue weighted by Gasteiger charge is 2.14. The number of aryl methyl sites for hydroxylation is 2. The van der Waals surface area contributed by atoms with Gasteiger partial charge in [-0.25, -0.2) is 4.68 Å². The molecular weight excluding hydrogens is 308 g/mol. The number of benzene rings is 1. The van der Waals surface area contributed by atoms with Crippen molar-refractivity contribution in [2.24, 2.45) is 7.05 Å². The van der Waals surface area contributed by atoms with Crippen LogP contribution >= 0.6 is 0 Å². The van der Waals surface area contributed by atoms with E-state index in [1.54, 1.807) is 44.3 Å². The first kappa shape index (κ1) is 17.3. The smallest absolute Gasteiger partial charge is 0.275 e. The number of nitrogens with one attached hydrogen (secondary N) is 2. The highest BCUT2D eigenvalue weighted by Crippen LogP contribution is 2.09. The number of aromatic nitrogens is 3. The van der Waals surface area contributed by atoms with Crippen LogP contribution < -0.4 is 16.5 Å². The van der Waals surface area contributed by atoms with Crippen molar-refractivity contribution >= 4 is 16.8 Å². The Hall–Kier alpha value is -3.09. The first-order valence-corrected chi connectivity index (χ1v) is 7.67. The molecule has 0 atom stereocenters. The van der Waals surface area contributed by atoms with Gasteiger partial charge in [-0.1, -0.05) is 32.0 Å². The van der Waals surface area contributed by atoms with Crippen LogP contribution in [-0.4, -0.2) is 20.4 Å². The van der Waals surface area contributed by atoms with Crippen molar-refractivity contribution in [2.75, 3.05) is 5.43 Å². The minimum atomic E-state index is -0.420. The summed E-state index contributed by atoms with van der Waals surface area (Å²) in [6, 6.07) is 9.83. The fraction of sp³-hybridized carbons (Fsp3) is 0.235. The Balaban J connectivity index is 0.00000100. The van der Waals surface area contributed by atoms with E-state index in [2.05, 4.69) is 10.5 Å². The molecule has 2 aromatic heterocycles. The van der Waals surface area contributed by atoms with Gasteiger partial charge < -0.3 is 0 Å². The van der Waals surface area contributed by atoms with Gasteiger partial charge in [0.15, 0.2) is 0 Å². The Morgan fingerprint density at radius 1 is 1.12 bits per heavy atom. The number of aromatic amines is 1. The molecule has 1 aromatic carbocycles. The molecule has 3 aromatic rings. The Labute approximate surface area is 138 Å². The predicted molar refractivity (Wildman–Crippen MR) is 94.0 cm³/mol. The maximum absolute atomic E-state index is 12.2. The van der Waals surface area contributed by atoms with E-state index in [4.69, 9.17) is 0 Å². The fourth-order valence-corrected chi connectivity index (χ4v) is 2.38. The maximum Gasteiger partial charge on any atom is 0.275 e. The fourth-order valence-electron chi connectivity index (χ4n) is 2.38. The van der Waals surface area contributed by atoms with Gasteiger partial charge in [-0.2, -0.15) is 0 Å². The molecule has 0 bridgehead atoms. The molecular formula is C17H20N4O3. The molecule has 0 radical (unpaired) electrons. The van der Waals surface area contributed by atoms with Crippen LogP contribution in [0.1, 0.15) is 29.9 Å². The minimum absolute atomic E-state index is 0.254. The zero-order valence-corrected chi connectivity index (χ0v) is 14.1. The third kappa shape index (κ3) is 3.01. The molecule has 3 rings (SSSR count). The van der Waals surface area contributed by atoms with Crippen molar-refractivity contribution in [3.8, 4) is 0 Å². The molecule has 0 saturated carbocycles. The second-order valence-electron chi connectivity index (χ2n) is 4.97. The standard InChI is InChI=1S/C15H14N4O3.C2H6/c1-9-13-11(16-18(2)15(13)22)8-12(20)19(9)17-14(21)10-6-4-3-5-7-10;1-2/h3-8,16H,1-2H3,(H,17,21);1-2H3. The Bertz CT molecular complexity index is 981. The third-order valence-corrected chi connectivity index (χ3v) is 3.51. The van der Waals surface area contributed by atoms with E-state index >= 15 is 0 Å². The number of hydrogen-bond acceptors (Lipinski definition) is 3. The van der Waals surface area contributed by atoms with E-state index in [0.29, 0.717) is 22.2 Å². The molecule has 0 aliphatic heterocycles. The Morgan fingerprint density at radius 3 is 2.38 bits per heavy atom. The lowest BCUT2D eigenvalue weighted by atomic mass is 10.2. The van der Waals surface area contributed by atoms with Crippen molar-refractivity contribution in [1.29, 1.82) is 0 Å². The van der Waals surface area contributed by atoms with Gasteiger partial charge in [0.1, 0.15) is 0 Å². The lowest BCUT2D eigenvalue weighted by molar-refractivity contribution is 0.101. The molecule has 7 heteroatoms. The first-order chi connectivity index (χ1) is 11.5. The summed E-state index contributed by atoms with van der Waals surface area (Å²) >= 11 is 0. The molecule has 0 aliphatic rings. The number of rotatable bonds is 2. The summed E-state index contributed by atoms with van der Waals surface area (Å²) in [6.07, 6.45) is 0. The molecule has 0 unspecified atom stereocenters. The van der Waals surface area contributed by atoms with Crippen LogP contribution in [0.5, 0.6) is 0 Å². The Kier molecular flexibility index (Phi) is 5.03. The quantitative estimate of drug-likeness (QED) is 0.751. The summed E-state index contributed by atoms with van der Waals surface area (Å²) in [6.45, 7) is 5.62. The molecule has 0 fully saturated rings. The average Bonchev–Trinajstić information content (AvgIpc) is 2.88. The van der Waals surface area contributed by atoms with Gasteiger partial charge in [0.05, 0.1) is 16.6 Å². The number of carbonyl (C=O) groups is 1.